The standard InChI is InChI=1S/C23H40FN5O5/c24-15-4-3-5-16(12-15)27-23(33)26-14-18-22(32)21(31)17(34-18)13-20(30)29-10-8-28(9-11-29)19-6-1-2-7-25-19/h15-19,21-22,25,31-32H,1-14H2,(H2,26,27,33)/t15?,16?,17-,18-,19?,21+,22-/m1/s1. The average molecular weight is 486 g/mol. The summed E-state index contributed by atoms with van der Waals surface area (Å²) in [4.78, 5) is 29.2. The SMILES string of the molecule is O=C(NC[C@H]1O[C@H](CC(=O)N2CCN(C3CCCCN3)CC2)[C@H](O)[C@@H]1O)NC1CCCC(F)C1. The van der Waals surface area contributed by atoms with E-state index in [2.05, 4.69) is 20.9 Å². The highest BCUT2D eigenvalue weighted by Crippen LogP contribution is 2.25. The molecule has 11 heteroatoms. The van der Waals surface area contributed by atoms with Crippen molar-refractivity contribution in [2.24, 2.45) is 0 Å². The third-order valence-electron chi connectivity index (χ3n) is 7.64. The Bertz CT molecular complexity index is 689. The number of carbonyl (C=O) groups excluding carboxylic acids is 2. The van der Waals surface area contributed by atoms with Crippen molar-refractivity contribution < 1.29 is 28.9 Å². The zero-order valence-electron chi connectivity index (χ0n) is 19.8. The van der Waals surface area contributed by atoms with Gasteiger partial charge in [-0.05, 0) is 51.5 Å². The van der Waals surface area contributed by atoms with Crippen LogP contribution in [0.25, 0.3) is 0 Å². The number of alkyl halides is 1. The summed E-state index contributed by atoms with van der Waals surface area (Å²) in [5.41, 5.74) is 0. The molecule has 3 heterocycles. The Morgan fingerprint density at radius 2 is 1.76 bits per heavy atom. The van der Waals surface area contributed by atoms with Gasteiger partial charge in [-0.2, -0.15) is 0 Å². The first-order chi connectivity index (χ1) is 16.4. The molecule has 4 aliphatic rings. The van der Waals surface area contributed by atoms with E-state index in [1.165, 1.54) is 12.8 Å². The van der Waals surface area contributed by atoms with Gasteiger partial charge >= 0.3 is 6.03 Å². The Hall–Kier alpha value is -1.53. The summed E-state index contributed by atoms with van der Waals surface area (Å²) in [6.07, 6.45) is 1.37. The van der Waals surface area contributed by atoms with Crippen LogP contribution in [0.5, 0.6) is 0 Å². The maximum Gasteiger partial charge on any atom is 0.315 e. The van der Waals surface area contributed by atoms with Crippen LogP contribution in [0.15, 0.2) is 0 Å². The number of nitrogens with zero attached hydrogens (tertiary/aromatic N) is 2. The molecular weight excluding hydrogens is 445 g/mol. The first-order valence-electron chi connectivity index (χ1n) is 12.9. The number of amides is 3. The second-order valence-corrected chi connectivity index (χ2v) is 10.1. The highest BCUT2D eigenvalue weighted by atomic mass is 19.1. The normalized spacial score (nSPS) is 37.4. The van der Waals surface area contributed by atoms with E-state index >= 15 is 0 Å². The molecule has 4 fully saturated rings. The van der Waals surface area contributed by atoms with E-state index in [0.717, 1.165) is 38.9 Å². The van der Waals surface area contributed by atoms with Crippen LogP contribution in [0, 0.1) is 0 Å². The maximum atomic E-state index is 13.5. The summed E-state index contributed by atoms with van der Waals surface area (Å²) in [7, 11) is 0. The fourth-order valence-corrected chi connectivity index (χ4v) is 5.58. The molecule has 0 bridgehead atoms. The highest BCUT2D eigenvalue weighted by molar-refractivity contribution is 5.77. The summed E-state index contributed by atoms with van der Waals surface area (Å²) < 4.78 is 19.3. The Kier molecular flexibility index (Phi) is 8.97. The van der Waals surface area contributed by atoms with Crippen molar-refractivity contribution in [1.29, 1.82) is 0 Å². The smallest absolute Gasteiger partial charge is 0.315 e. The highest BCUT2D eigenvalue weighted by Gasteiger charge is 2.44. The van der Waals surface area contributed by atoms with Gasteiger partial charge < -0.3 is 35.8 Å². The fraction of sp³-hybridized carbons (Fsp3) is 0.913. The summed E-state index contributed by atoms with van der Waals surface area (Å²) in [6.45, 7) is 3.92. The molecule has 0 aromatic heterocycles. The van der Waals surface area contributed by atoms with Crippen LogP contribution in [0.3, 0.4) is 0 Å². The van der Waals surface area contributed by atoms with Crippen molar-refractivity contribution >= 4 is 11.9 Å². The zero-order valence-corrected chi connectivity index (χ0v) is 19.8. The Balaban J connectivity index is 1.17. The number of ether oxygens (including phenoxy) is 1. The molecule has 3 saturated heterocycles. The molecule has 0 aromatic carbocycles. The van der Waals surface area contributed by atoms with Gasteiger partial charge in [0, 0.05) is 38.8 Å². The van der Waals surface area contributed by atoms with Crippen LogP contribution in [-0.2, 0) is 9.53 Å². The van der Waals surface area contributed by atoms with Crippen molar-refractivity contribution in [2.75, 3.05) is 39.3 Å². The zero-order chi connectivity index (χ0) is 24.1. The summed E-state index contributed by atoms with van der Waals surface area (Å²) in [5.74, 6) is -0.100. The number of hydrogen-bond donors (Lipinski definition) is 5. The van der Waals surface area contributed by atoms with Crippen LogP contribution in [0.4, 0.5) is 9.18 Å². The lowest BCUT2D eigenvalue weighted by Gasteiger charge is -2.41. The number of nitrogens with one attached hydrogen (secondary N) is 3. The van der Waals surface area contributed by atoms with Gasteiger partial charge in [-0.1, -0.05) is 0 Å². The van der Waals surface area contributed by atoms with E-state index in [0.29, 0.717) is 32.1 Å². The maximum absolute atomic E-state index is 13.5. The Morgan fingerprint density at radius 1 is 1.00 bits per heavy atom. The van der Waals surface area contributed by atoms with Crippen molar-refractivity contribution in [3.63, 3.8) is 0 Å². The minimum atomic E-state index is -1.20. The largest absolute Gasteiger partial charge is 0.388 e. The summed E-state index contributed by atoms with van der Waals surface area (Å²) >= 11 is 0. The number of aliphatic hydroxyl groups is 2. The van der Waals surface area contributed by atoms with Gasteiger partial charge in [0.15, 0.2) is 0 Å². The molecular formula is C23H40FN5O5. The number of piperidine rings is 1. The molecule has 0 spiro atoms. The molecule has 194 valence electrons. The van der Waals surface area contributed by atoms with Gasteiger partial charge in [0.25, 0.3) is 0 Å². The van der Waals surface area contributed by atoms with E-state index in [9.17, 15) is 24.2 Å². The van der Waals surface area contributed by atoms with E-state index < -0.39 is 36.6 Å². The predicted octanol–water partition coefficient (Wildman–Crippen LogP) is -0.311. The predicted molar refractivity (Wildman–Crippen MR) is 123 cm³/mol. The molecule has 3 aliphatic heterocycles. The fourth-order valence-electron chi connectivity index (χ4n) is 5.58. The van der Waals surface area contributed by atoms with Crippen LogP contribution in [0.1, 0.15) is 51.4 Å². The average Bonchev–Trinajstić information content (AvgIpc) is 3.11. The van der Waals surface area contributed by atoms with Crippen molar-refractivity contribution in [3.8, 4) is 0 Å². The van der Waals surface area contributed by atoms with Crippen molar-refractivity contribution in [2.45, 2.75) is 94.2 Å². The molecule has 4 rings (SSSR count). The number of rotatable bonds is 6. The molecule has 5 N–H and O–H groups in total. The second-order valence-electron chi connectivity index (χ2n) is 10.1. The lowest BCUT2D eigenvalue weighted by Crippen LogP contribution is -2.57. The van der Waals surface area contributed by atoms with Gasteiger partial charge in [-0.25, -0.2) is 9.18 Å². The van der Waals surface area contributed by atoms with Crippen LogP contribution in [0.2, 0.25) is 0 Å². The first kappa shape index (κ1) is 25.6. The van der Waals surface area contributed by atoms with E-state index in [-0.39, 0.29) is 24.9 Å². The lowest BCUT2D eigenvalue weighted by molar-refractivity contribution is -0.137. The van der Waals surface area contributed by atoms with Gasteiger partial charge in [-0.15, -0.1) is 0 Å². The van der Waals surface area contributed by atoms with Crippen LogP contribution >= 0.6 is 0 Å². The third-order valence-corrected chi connectivity index (χ3v) is 7.64. The number of urea groups is 1. The minimum absolute atomic E-state index is 0.00636. The van der Waals surface area contributed by atoms with Gasteiger partial charge in [0.05, 0.1) is 18.7 Å². The molecule has 3 amide bonds. The third kappa shape index (κ3) is 6.57. The van der Waals surface area contributed by atoms with E-state index in [1.54, 1.807) is 4.90 Å². The molecule has 10 nitrogen and oxygen atoms in total. The monoisotopic (exact) mass is 485 g/mol. The van der Waals surface area contributed by atoms with Gasteiger partial charge in [0.2, 0.25) is 5.91 Å². The van der Waals surface area contributed by atoms with Crippen molar-refractivity contribution in [1.82, 2.24) is 25.8 Å². The lowest BCUT2D eigenvalue weighted by atomic mass is 9.94. The molecule has 7 atom stereocenters. The Morgan fingerprint density at radius 3 is 2.47 bits per heavy atom. The number of aliphatic hydroxyl groups excluding tert-OH is 2. The van der Waals surface area contributed by atoms with E-state index in [4.69, 9.17) is 4.74 Å². The summed E-state index contributed by atoms with van der Waals surface area (Å²) in [5, 5.41) is 29.7. The Labute approximate surface area is 200 Å². The van der Waals surface area contributed by atoms with Gasteiger partial charge in [0.1, 0.15) is 24.5 Å². The van der Waals surface area contributed by atoms with Crippen LogP contribution in [-0.4, -0.2) is 114 Å². The molecule has 34 heavy (non-hydrogen) atoms. The van der Waals surface area contributed by atoms with Crippen LogP contribution < -0.4 is 16.0 Å². The molecule has 3 unspecified atom stereocenters. The number of carbonyl (C=O) groups is 2. The quantitative estimate of drug-likeness (QED) is 0.349. The number of piperazine rings is 1. The number of hydrogen-bond acceptors (Lipinski definition) is 7. The molecule has 0 radical (unpaired) electrons. The number of halogens is 1. The molecule has 1 aliphatic carbocycles. The van der Waals surface area contributed by atoms with Gasteiger partial charge in [-0.3, -0.25) is 9.69 Å². The molecule has 0 aromatic rings. The van der Waals surface area contributed by atoms with E-state index in [1.807, 2.05) is 0 Å². The van der Waals surface area contributed by atoms with Crippen molar-refractivity contribution in [3.05, 3.63) is 0 Å². The summed E-state index contributed by atoms with van der Waals surface area (Å²) in [6, 6.07) is -0.655. The topological polar surface area (TPSA) is 126 Å². The molecule has 1 saturated carbocycles. The second kappa shape index (κ2) is 11.9. The first-order valence-corrected chi connectivity index (χ1v) is 12.9. The minimum Gasteiger partial charge on any atom is -0.388 e.